The fraction of sp³-hybridized carbons (Fsp3) is 0. The Morgan fingerprint density at radius 3 is 2.80 bits per heavy atom. The molecule has 0 unspecified atom stereocenters. The largest absolute Gasteiger partial charge is 0.298 e. The summed E-state index contributed by atoms with van der Waals surface area (Å²) in [5, 5.41) is 11.0. The van der Waals surface area contributed by atoms with Crippen LogP contribution >= 0.6 is 0 Å². The fourth-order valence-electron chi connectivity index (χ4n) is 1.47. The lowest BCUT2D eigenvalue weighted by molar-refractivity contribution is -0.383. The van der Waals surface area contributed by atoms with Crippen molar-refractivity contribution in [2.45, 2.75) is 0 Å². The van der Waals surface area contributed by atoms with Crippen LogP contribution in [0.25, 0.3) is 10.9 Å². The van der Waals surface area contributed by atoms with E-state index in [0.29, 0.717) is 17.2 Å². The maximum atomic E-state index is 10.7. The van der Waals surface area contributed by atoms with E-state index in [9.17, 15) is 14.9 Å². The third-order valence-electron chi connectivity index (χ3n) is 2.10. The molecule has 74 valence electrons. The summed E-state index contributed by atoms with van der Waals surface area (Å²) in [5.74, 6) is 0. The number of aromatic nitrogens is 1. The molecule has 0 spiro atoms. The van der Waals surface area contributed by atoms with E-state index in [1.54, 1.807) is 12.1 Å². The molecule has 0 atom stereocenters. The van der Waals surface area contributed by atoms with Crippen LogP contribution in [0.2, 0.25) is 0 Å². The van der Waals surface area contributed by atoms with Crippen LogP contribution in [0.3, 0.4) is 0 Å². The summed E-state index contributed by atoms with van der Waals surface area (Å²) in [7, 11) is 0. The number of nitrogens with zero attached hydrogens (tertiary/aromatic N) is 2. The smallest absolute Gasteiger partial charge is 0.281 e. The normalized spacial score (nSPS) is 10.1. The second kappa shape index (κ2) is 3.45. The number of carbonyl (C=O) groups excluding carboxylic acids is 1. The number of aldehydes is 1. The summed E-state index contributed by atoms with van der Waals surface area (Å²) < 4.78 is 0. The monoisotopic (exact) mass is 202 g/mol. The van der Waals surface area contributed by atoms with E-state index in [1.807, 2.05) is 0 Å². The fourth-order valence-corrected chi connectivity index (χ4v) is 1.47. The number of pyridine rings is 1. The Morgan fingerprint density at radius 1 is 1.33 bits per heavy atom. The van der Waals surface area contributed by atoms with Crippen molar-refractivity contribution in [3.8, 4) is 0 Å². The maximum Gasteiger partial charge on any atom is 0.281 e. The lowest BCUT2D eigenvalue weighted by Crippen LogP contribution is -1.94. The highest BCUT2D eigenvalue weighted by molar-refractivity contribution is 6.01. The van der Waals surface area contributed by atoms with Crippen molar-refractivity contribution in [3.63, 3.8) is 0 Å². The van der Waals surface area contributed by atoms with Gasteiger partial charge in [-0.05, 0) is 6.07 Å². The van der Waals surface area contributed by atoms with Crippen LogP contribution in [0, 0.1) is 10.1 Å². The molecule has 15 heavy (non-hydrogen) atoms. The Labute approximate surface area is 84.5 Å². The van der Waals surface area contributed by atoms with Gasteiger partial charge >= 0.3 is 0 Å². The molecule has 0 aliphatic carbocycles. The van der Waals surface area contributed by atoms with Gasteiger partial charge in [-0.25, -0.2) is 0 Å². The molecule has 5 heteroatoms. The Morgan fingerprint density at radius 2 is 2.13 bits per heavy atom. The molecule has 0 amide bonds. The Hall–Kier alpha value is -2.30. The summed E-state index contributed by atoms with van der Waals surface area (Å²) in [4.78, 5) is 24.9. The number of nitro groups is 1. The molecule has 0 aliphatic heterocycles. The number of hydrogen-bond acceptors (Lipinski definition) is 4. The van der Waals surface area contributed by atoms with E-state index in [4.69, 9.17) is 0 Å². The van der Waals surface area contributed by atoms with Crippen molar-refractivity contribution in [2.24, 2.45) is 0 Å². The van der Waals surface area contributed by atoms with Gasteiger partial charge in [-0.1, -0.05) is 12.1 Å². The number of carbonyl (C=O) groups is 1. The van der Waals surface area contributed by atoms with Crippen molar-refractivity contribution in [3.05, 3.63) is 46.1 Å². The summed E-state index contributed by atoms with van der Waals surface area (Å²) >= 11 is 0. The van der Waals surface area contributed by atoms with Gasteiger partial charge in [0.2, 0.25) is 0 Å². The maximum absolute atomic E-state index is 10.7. The molecular weight excluding hydrogens is 196 g/mol. The average Bonchev–Trinajstić information content (AvgIpc) is 2.27. The van der Waals surface area contributed by atoms with Gasteiger partial charge in [-0.15, -0.1) is 0 Å². The van der Waals surface area contributed by atoms with Crippen molar-refractivity contribution >= 4 is 22.9 Å². The number of rotatable bonds is 2. The quantitative estimate of drug-likeness (QED) is 0.424. The first-order chi connectivity index (χ1) is 7.24. The molecule has 2 rings (SSSR count). The zero-order valence-corrected chi connectivity index (χ0v) is 7.58. The van der Waals surface area contributed by atoms with Gasteiger partial charge in [-0.2, -0.15) is 0 Å². The first kappa shape index (κ1) is 9.26. The minimum Gasteiger partial charge on any atom is -0.298 e. The van der Waals surface area contributed by atoms with E-state index in [0.717, 1.165) is 0 Å². The number of benzene rings is 1. The van der Waals surface area contributed by atoms with Crippen molar-refractivity contribution < 1.29 is 9.72 Å². The zero-order chi connectivity index (χ0) is 10.8. The van der Waals surface area contributed by atoms with E-state index >= 15 is 0 Å². The van der Waals surface area contributed by atoms with E-state index in [1.165, 1.54) is 18.3 Å². The lowest BCUT2D eigenvalue weighted by Gasteiger charge is -2.00. The van der Waals surface area contributed by atoms with Gasteiger partial charge in [0, 0.05) is 17.8 Å². The lowest BCUT2D eigenvalue weighted by atomic mass is 10.1. The van der Waals surface area contributed by atoms with E-state index in [-0.39, 0.29) is 11.3 Å². The van der Waals surface area contributed by atoms with Crippen molar-refractivity contribution in [1.82, 2.24) is 4.98 Å². The molecule has 2 aromatic rings. The predicted octanol–water partition coefficient (Wildman–Crippen LogP) is 1.96. The summed E-state index contributed by atoms with van der Waals surface area (Å²) in [6.07, 6.45) is 1.95. The zero-order valence-electron chi connectivity index (χ0n) is 7.58. The summed E-state index contributed by atoms with van der Waals surface area (Å²) in [6.45, 7) is 0. The highest BCUT2D eigenvalue weighted by Crippen LogP contribution is 2.25. The third kappa shape index (κ3) is 1.43. The van der Waals surface area contributed by atoms with Crippen molar-refractivity contribution in [1.29, 1.82) is 0 Å². The Balaban J connectivity index is 2.93. The molecule has 1 aromatic carbocycles. The van der Waals surface area contributed by atoms with Gasteiger partial charge in [0.15, 0.2) is 6.29 Å². The van der Waals surface area contributed by atoms with Gasteiger partial charge in [0.25, 0.3) is 5.69 Å². The molecular formula is C10H6N2O3. The number of fused-ring (bicyclic) bond motifs is 1. The van der Waals surface area contributed by atoms with Gasteiger partial charge in [-0.3, -0.25) is 19.9 Å². The van der Waals surface area contributed by atoms with Crippen LogP contribution in [0.15, 0.2) is 30.5 Å². The molecule has 0 aliphatic rings. The first-order valence-electron chi connectivity index (χ1n) is 4.21. The Kier molecular flexibility index (Phi) is 2.13. The second-order valence-electron chi connectivity index (χ2n) is 2.95. The predicted molar refractivity (Wildman–Crippen MR) is 53.8 cm³/mol. The molecule has 0 N–H and O–H groups in total. The van der Waals surface area contributed by atoms with Gasteiger partial charge in [0.05, 0.1) is 15.8 Å². The molecule has 1 heterocycles. The first-order valence-corrected chi connectivity index (χ1v) is 4.21. The molecule has 1 aromatic heterocycles. The van der Waals surface area contributed by atoms with Gasteiger partial charge in [0.1, 0.15) is 0 Å². The molecule has 0 radical (unpaired) electrons. The van der Waals surface area contributed by atoms with Crippen LogP contribution in [-0.2, 0) is 0 Å². The molecule has 0 saturated carbocycles. The second-order valence-corrected chi connectivity index (χ2v) is 2.95. The third-order valence-corrected chi connectivity index (χ3v) is 2.10. The molecule has 5 nitrogen and oxygen atoms in total. The van der Waals surface area contributed by atoms with Crippen LogP contribution < -0.4 is 0 Å². The van der Waals surface area contributed by atoms with E-state index in [2.05, 4.69) is 4.98 Å². The van der Waals surface area contributed by atoms with Crippen LogP contribution in [0.4, 0.5) is 5.69 Å². The van der Waals surface area contributed by atoms with Gasteiger partial charge < -0.3 is 0 Å². The highest BCUT2D eigenvalue weighted by Gasteiger charge is 2.14. The molecule has 0 fully saturated rings. The summed E-state index contributed by atoms with van der Waals surface area (Å²) in [6, 6.07) is 6.09. The van der Waals surface area contributed by atoms with Crippen LogP contribution in [0.5, 0.6) is 0 Å². The standard InChI is InChI=1S/C10H6N2O3/c13-6-7-2-1-3-8-10(7)9(12(14)15)4-5-11-8/h1-6H. The number of hydrogen-bond donors (Lipinski definition) is 0. The minimum absolute atomic E-state index is 0.0947. The highest BCUT2D eigenvalue weighted by atomic mass is 16.6. The van der Waals surface area contributed by atoms with Crippen LogP contribution in [0.1, 0.15) is 10.4 Å². The summed E-state index contributed by atoms with van der Waals surface area (Å²) in [5.41, 5.74) is 0.642. The van der Waals surface area contributed by atoms with Crippen molar-refractivity contribution in [2.75, 3.05) is 0 Å². The topological polar surface area (TPSA) is 73.1 Å². The van der Waals surface area contributed by atoms with Crippen LogP contribution in [-0.4, -0.2) is 16.2 Å². The molecule has 0 bridgehead atoms. The van der Waals surface area contributed by atoms with E-state index < -0.39 is 4.92 Å². The minimum atomic E-state index is -0.517. The average molecular weight is 202 g/mol. The SMILES string of the molecule is O=Cc1cccc2nccc([N+](=O)[O-])c12. The molecule has 0 saturated heterocycles. The Bertz CT molecular complexity index is 546.